The van der Waals surface area contributed by atoms with Crippen molar-refractivity contribution in [2.75, 3.05) is 5.32 Å². The van der Waals surface area contributed by atoms with Gasteiger partial charge in [-0.2, -0.15) is 5.10 Å². The Morgan fingerprint density at radius 3 is 2.42 bits per heavy atom. The number of carbonyl (C=O) groups is 1. The van der Waals surface area contributed by atoms with Crippen molar-refractivity contribution in [3.63, 3.8) is 0 Å². The molecule has 1 amide bonds. The van der Waals surface area contributed by atoms with E-state index in [4.69, 9.17) is 4.74 Å². The molecule has 24 heavy (non-hydrogen) atoms. The van der Waals surface area contributed by atoms with Gasteiger partial charge in [-0.25, -0.2) is 0 Å². The second-order valence-corrected chi connectivity index (χ2v) is 5.56. The van der Waals surface area contributed by atoms with Gasteiger partial charge in [0.05, 0.1) is 11.3 Å². The largest absolute Gasteiger partial charge is 0.489 e. The van der Waals surface area contributed by atoms with E-state index in [1.54, 1.807) is 6.92 Å². The third-order valence-electron chi connectivity index (χ3n) is 3.72. The number of anilines is 1. The molecule has 0 fully saturated rings. The number of nitrogens with zero attached hydrogens (tertiary/aromatic N) is 1. The number of rotatable bonds is 5. The topological polar surface area (TPSA) is 67.0 Å². The van der Waals surface area contributed by atoms with Crippen molar-refractivity contribution < 1.29 is 9.53 Å². The van der Waals surface area contributed by atoms with Gasteiger partial charge in [0.15, 0.2) is 0 Å². The van der Waals surface area contributed by atoms with Crippen LogP contribution in [0.1, 0.15) is 27.3 Å². The summed E-state index contributed by atoms with van der Waals surface area (Å²) in [5, 5.41) is 9.73. The third-order valence-corrected chi connectivity index (χ3v) is 3.72. The number of amides is 1. The van der Waals surface area contributed by atoms with Gasteiger partial charge in [-0.3, -0.25) is 9.89 Å². The van der Waals surface area contributed by atoms with Crippen LogP contribution >= 0.6 is 0 Å². The monoisotopic (exact) mass is 321 g/mol. The lowest BCUT2D eigenvalue weighted by Gasteiger charge is -2.08. The number of hydrogen-bond donors (Lipinski definition) is 2. The van der Waals surface area contributed by atoms with Crippen LogP contribution in [0.25, 0.3) is 0 Å². The maximum atomic E-state index is 12.3. The zero-order valence-electron chi connectivity index (χ0n) is 13.7. The van der Waals surface area contributed by atoms with Crippen molar-refractivity contribution in [2.45, 2.75) is 20.5 Å². The van der Waals surface area contributed by atoms with Crippen LogP contribution in [0, 0.1) is 13.8 Å². The van der Waals surface area contributed by atoms with Crippen molar-refractivity contribution in [2.24, 2.45) is 0 Å². The average Bonchev–Trinajstić information content (AvgIpc) is 2.94. The summed E-state index contributed by atoms with van der Waals surface area (Å²) in [5.74, 6) is 0.587. The highest BCUT2D eigenvalue weighted by Gasteiger charge is 2.15. The molecule has 3 rings (SSSR count). The molecule has 0 bridgehead atoms. The summed E-state index contributed by atoms with van der Waals surface area (Å²) in [7, 11) is 0. The molecule has 0 aliphatic rings. The summed E-state index contributed by atoms with van der Waals surface area (Å²) in [5.41, 5.74) is 3.85. The highest BCUT2D eigenvalue weighted by Crippen LogP contribution is 2.19. The molecule has 0 aliphatic carbocycles. The van der Waals surface area contributed by atoms with Crippen LogP contribution in [0.4, 0.5) is 5.69 Å². The molecule has 0 atom stereocenters. The molecule has 1 aromatic heterocycles. The standard InChI is InChI=1S/C19H19N3O2/c1-13-18(14(2)22-21-13)19(23)20-16-8-10-17(11-9-16)24-12-15-6-4-3-5-7-15/h3-11H,12H2,1-2H3,(H,20,23)(H,21,22). The molecule has 2 aromatic carbocycles. The molecule has 5 nitrogen and oxygen atoms in total. The van der Waals surface area contributed by atoms with Gasteiger partial charge in [-0.1, -0.05) is 30.3 Å². The van der Waals surface area contributed by atoms with Crippen LogP contribution in [0.2, 0.25) is 0 Å². The number of carbonyl (C=O) groups excluding carboxylic acids is 1. The van der Waals surface area contributed by atoms with Crippen molar-refractivity contribution in [1.82, 2.24) is 10.2 Å². The molecule has 1 heterocycles. The van der Waals surface area contributed by atoms with Gasteiger partial charge < -0.3 is 10.1 Å². The fourth-order valence-electron chi connectivity index (χ4n) is 2.45. The second-order valence-electron chi connectivity index (χ2n) is 5.56. The van der Waals surface area contributed by atoms with E-state index in [2.05, 4.69) is 15.5 Å². The van der Waals surface area contributed by atoms with E-state index in [9.17, 15) is 4.79 Å². The number of aromatic nitrogens is 2. The molecule has 0 spiro atoms. The van der Waals surface area contributed by atoms with Crippen LogP contribution in [0.15, 0.2) is 54.6 Å². The first-order chi connectivity index (χ1) is 11.6. The van der Waals surface area contributed by atoms with E-state index in [1.165, 1.54) is 0 Å². The van der Waals surface area contributed by atoms with E-state index in [0.29, 0.717) is 23.6 Å². The lowest BCUT2D eigenvalue weighted by molar-refractivity contribution is 0.102. The molecular weight excluding hydrogens is 302 g/mol. The lowest BCUT2D eigenvalue weighted by Crippen LogP contribution is -2.13. The van der Waals surface area contributed by atoms with E-state index in [0.717, 1.165) is 17.0 Å². The Balaban J connectivity index is 1.61. The SMILES string of the molecule is Cc1n[nH]c(C)c1C(=O)Nc1ccc(OCc2ccccc2)cc1. The van der Waals surface area contributed by atoms with Gasteiger partial charge in [0.25, 0.3) is 5.91 Å². The Morgan fingerprint density at radius 1 is 1.08 bits per heavy atom. The highest BCUT2D eigenvalue weighted by molar-refractivity contribution is 6.05. The summed E-state index contributed by atoms with van der Waals surface area (Å²) >= 11 is 0. The number of aromatic amines is 1. The van der Waals surface area contributed by atoms with Crippen molar-refractivity contribution in [3.8, 4) is 5.75 Å². The van der Waals surface area contributed by atoms with E-state index < -0.39 is 0 Å². The zero-order chi connectivity index (χ0) is 16.9. The molecule has 5 heteroatoms. The molecule has 122 valence electrons. The van der Waals surface area contributed by atoms with E-state index in [1.807, 2.05) is 61.5 Å². The Bertz CT molecular complexity index is 804. The van der Waals surface area contributed by atoms with Gasteiger partial charge in [-0.15, -0.1) is 0 Å². The molecule has 0 saturated carbocycles. The Kier molecular flexibility index (Phi) is 4.61. The number of hydrogen-bond acceptors (Lipinski definition) is 3. The molecule has 0 saturated heterocycles. The molecule has 0 aliphatic heterocycles. The normalized spacial score (nSPS) is 10.4. The smallest absolute Gasteiger partial charge is 0.259 e. The van der Waals surface area contributed by atoms with Crippen LogP contribution in [0.3, 0.4) is 0 Å². The third kappa shape index (κ3) is 3.63. The maximum Gasteiger partial charge on any atom is 0.259 e. The van der Waals surface area contributed by atoms with E-state index in [-0.39, 0.29) is 5.91 Å². The highest BCUT2D eigenvalue weighted by atomic mass is 16.5. The summed E-state index contributed by atoms with van der Waals surface area (Å²) in [6, 6.07) is 17.3. The minimum Gasteiger partial charge on any atom is -0.489 e. The first-order valence-corrected chi connectivity index (χ1v) is 7.73. The molecule has 2 N–H and O–H groups in total. The summed E-state index contributed by atoms with van der Waals surface area (Å²) in [6.45, 7) is 4.15. The summed E-state index contributed by atoms with van der Waals surface area (Å²) in [4.78, 5) is 12.3. The molecule has 0 unspecified atom stereocenters. The van der Waals surface area contributed by atoms with Crippen LogP contribution < -0.4 is 10.1 Å². The van der Waals surface area contributed by atoms with Crippen LogP contribution in [0.5, 0.6) is 5.75 Å². The number of nitrogens with one attached hydrogen (secondary N) is 2. The Labute approximate surface area is 140 Å². The van der Waals surface area contributed by atoms with Crippen molar-refractivity contribution in [3.05, 3.63) is 77.1 Å². The fourth-order valence-corrected chi connectivity index (χ4v) is 2.45. The van der Waals surface area contributed by atoms with Gasteiger partial charge >= 0.3 is 0 Å². The van der Waals surface area contributed by atoms with Crippen LogP contribution in [-0.4, -0.2) is 16.1 Å². The van der Waals surface area contributed by atoms with Gasteiger partial charge in [0.1, 0.15) is 12.4 Å². The number of ether oxygens (including phenoxy) is 1. The Hall–Kier alpha value is -3.08. The minimum absolute atomic E-state index is 0.170. The number of benzene rings is 2. The summed E-state index contributed by atoms with van der Waals surface area (Å²) in [6.07, 6.45) is 0. The molecule has 0 radical (unpaired) electrons. The minimum atomic E-state index is -0.170. The quantitative estimate of drug-likeness (QED) is 0.750. The predicted molar refractivity (Wildman–Crippen MR) is 93.2 cm³/mol. The van der Waals surface area contributed by atoms with Crippen LogP contribution in [-0.2, 0) is 6.61 Å². The zero-order valence-corrected chi connectivity index (χ0v) is 13.7. The van der Waals surface area contributed by atoms with E-state index >= 15 is 0 Å². The Morgan fingerprint density at radius 2 is 1.79 bits per heavy atom. The average molecular weight is 321 g/mol. The number of aryl methyl sites for hydroxylation is 2. The fraction of sp³-hybridized carbons (Fsp3) is 0.158. The van der Waals surface area contributed by atoms with Crippen molar-refractivity contribution >= 4 is 11.6 Å². The predicted octanol–water partition coefficient (Wildman–Crippen LogP) is 3.86. The van der Waals surface area contributed by atoms with Gasteiger partial charge in [0, 0.05) is 11.4 Å². The second kappa shape index (κ2) is 7.00. The van der Waals surface area contributed by atoms with Gasteiger partial charge in [-0.05, 0) is 43.7 Å². The summed E-state index contributed by atoms with van der Waals surface area (Å²) < 4.78 is 5.73. The lowest BCUT2D eigenvalue weighted by atomic mass is 10.2. The van der Waals surface area contributed by atoms with Crippen molar-refractivity contribution in [1.29, 1.82) is 0 Å². The maximum absolute atomic E-state index is 12.3. The molecule has 3 aromatic rings. The molecular formula is C19H19N3O2. The first-order valence-electron chi connectivity index (χ1n) is 7.73. The first kappa shape index (κ1) is 15.8. The van der Waals surface area contributed by atoms with Gasteiger partial charge in [0.2, 0.25) is 0 Å². The number of H-pyrrole nitrogens is 1.